The molecular weight excluding hydrogens is 165 g/mol. The largest absolute Gasteiger partial charge is 0.147 e. The molecule has 0 spiro atoms. The van der Waals surface area contributed by atoms with E-state index in [0.29, 0.717) is 0 Å². The number of rotatable bonds is 0. The van der Waals surface area contributed by atoms with Crippen molar-refractivity contribution >= 4 is 33.9 Å². The Morgan fingerprint density at radius 3 is 2.00 bits per heavy atom. The summed E-state index contributed by atoms with van der Waals surface area (Å²) in [4.78, 5) is 0. The van der Waals surface area contributed by atoms with Crippen LogP contribution in [0.2, 0.25) is 0 Å². The molecule has 0 bridgehead atoms. The van der Waals surface area contributed by atoms with Gasteiger partial charge in [0.15, 0.2) is 0 Å². The van der Waals surface area contributed by atoms with Crippen LogP contribution >= 0.6 is 12.4 Å². The van der Waals surface area contributed by atoms with Crippen LogP contribution in [0.25, 0.3) is 0 Å². The second-order valence-corrected chi connectivity index (χ2v) is 3.58. The van der Waals surface area contributed by atoms with Crippen molar-refractivity contribution in [3.63, 3.8) is 0 Å². The molecule has 1 aliphatic rings. The maximum absolute atomic E-state index is 2.28. The maximum atomic E-state index is 2.28. The summed E-state index contributed by atoms with van der Waals surface area (Å²) in [6.45, 7) is 0. The minimum Gasteiger partial charge on any atom is -0.147 e. The van der Waals surface area contributed by atoms with E-state index < -0.39 is 0 Å². The second-order valence-electron chi connectivity index (χ2n) is 1.15. The van der Waals surface area contributed by atoms with Crippen molar-refractivity contribution in [2.45, 2.75) is 0 Å². The quantitative estimate of drug-likeness (QED) is 0.477. The molecule has 1 rings (SSSR count). The summed E-state index contributed by atoms with van der Waals surface area (Å²) in [5.41, 5.74) is 0. The Labute approximate surface area is 57.0 Å². The molecule has 0 aliphatic carbocycles. The Hall–Kier alpha value is 0.276. The molecule has 0 nitrogen and oxygen atoms in total. The van der Waals surface area contributed by atoms with Gasteiger partial charge in [-0.25, -0.2) is 0 Å². The minimum absolute atomic E-state index is 0. The molecule has 0 aromatic heterocycles. The summed E-state index contributed by atoms with van der Waals surface area (Å²) in [5.74, 6) is 0. The summed E-state index contributed by atoms with van der Waals surface area (Å²) in [7, 11) is 0. The van der Waals surface area contributed by atoms with Crippen LogP contribution < -0.4 is 0 Å². The fourth-order valence-electron chi connectivity index (χ4n) is 0.385. The number of hydrogen-bond acceptors (Lipinski definition) is 0. The minimum atomic E-state index is -0.00781. The molecule has 1 aliphatic heterocycles. The van der Waals surface area contributed by atoms with Crippen molar-refractivity contribution in [2.24, 2.45) is 0 Å². The smallest absolute Gasteiger partial charge is 0.147 e. The summed E-state index contributed by atoms with van der Waals surface area (Å²) in [6, 6.07) is 0. The van der Waals surface area contributed by atoms with Crippen LogP contribution in [0.3, 0.4) is 0 Å². The summed E-state index contributed by atoms with van der Waals surface area (Å²) in [5, 5.41) is 0. The molecule has 1 heterocycles. The summed E-state index contributed by atoms with van der Waals surface area (Å²) < 4.78 is 4.56. The third kappa shape index (κ3) is 2.91. The summed E-state index contributed by atoms with van der Waals surface area (Å²) in [6.07, 6.45) is 6.32. The zero-order valence-electron chi connectivity index (χ0n) is 3.87. The van der Waals surface area contributed by atoms with Crippen molar-refractivity contribution in [1.82, 2.24) is 0 Å². The van der Waals surface area contributed by atoms with Gasteiger partial charge in [-0.2, -0.15) is 0 Å². The fourth-order valence-corrected chi connectivity index (χ4v) is 1.73. The first kappa shape index (κ1) is 7.28. The fraction of sp³-hybridized carbons (Fsp3) is 0. The molecule has 0 radical (unpaired) electrons. The first-order chi connectivity index (χ1) is 3.00. The van der Waals surface area contributed by atoms with Crippen molar-refractivity contribution < 1.29 is 0 Å². The second kappa shape index (κ2) is 4.44. The van der Waals surface area contributed by atoms with E-state index in [2.05, 4.69) is 27.4 Å². The Kier molecular flexibility index (Phi) is 4.61. The van der Waals surface area contributed by atoms with Crippen molar-refractivity contribution in [3.05, 3.63) is 22.9 Å². The number of hydrogen-bond donors (Lipinski definition) is 0. The van der Waals surface area contributed by atoms with Gasteiger partial charge in [0, 0.05) is 0 Å². The van der Waals surface area contributed by atoms with Crippen molar-refractivity contribution in [1.29, 1.82) is 0 Å². The number of halogens is 1. The van der Waals surface area contributed by atoms with E-state index >= 15 is 0 Å². The predicted octanol–water partition coefficient (Wildman–Crippen LogP) is 0.998. The molecule has 7 heavy (non-hydrogen) atoms. The Bertz CT molecular complexity index is 77.5. The van der Waals surface area contributed by atoms with Gasteiger partial charge in [0.2, 0.25) is 0 Å². The Morgan fingerprint density at radius 1 is 1.00 bits per heavy atom. The SMILES string of the molecule is C1=C[CH]=[Ga][CH]=C1.Cl. The third-order valence-corrected chi connectivity index (χ3v) is 2.53. The monoisotopic (exact) mass is 170 g/mol. The van der Waals surface area contributed by atoms with Crippen molar-refractivity contribution in [2.75, 3.05) is 0 Å². The standard InChI is InChI=1S/C5H5.ClH.Ga/c1-3-5-4-2;;/h1-5H;1H;. The van der Waals surface area contributed by atoms with E-state index in [1.54, 1.807) is 0 Å². The molecule has 0 saturated heterocycles. The van der Waals surface area contributed by atoms with E-state index in [4.69, 9.17) is 0 Å². The molecule has 0 N–H and O–H groups in total. The normalized spacial score (nSPS) is 12.6. The van der Waals surface area contributed by atoms with Crippen LogP contribution in [-0.2, 0) is 0 Å². The molecular formula is C5H6ClGa. The average molecular weight is 171 g/mol. The zero-order chi connectivity index (χ0) is 4.24. The molecule has 0 aromatic rings. The van der Waals surface area contributed by atoms with Gasteiger partial charge >= 0.3 is 44.4 Å². The van der Waals surface area contributed by atoms with Crippen LogP contribution in [0.4, 0.5) is 0 Å². The Balaban J connectivity index is 0.000000360. The van der Waals surface area contributed by atoms with Gasteiger partial charge in [-0.15, -0.1) is 12.4 Å². The molecule has 0 amide bonds. The molecule has 0 aromatic carbocycles. The van der Waals surface area contributed by atoms with E-state index in [1.807, 2.05) is 0 Å². The van der Waals surface area contributed by atoms with Gasteiger partial charge in [-0.1, -0.05) is 0 Å². The van der Waals surface area contributed by atoms with E-state index in [1.165, 1.54) is 0 Å². The third-order valence-electron chi connectivity index (χ3n) is 0.667. The topological polar surface area (TPSA) is 0 Å². The molecule has 0 saturated carbocycles. The summed E-state index contributed by atoms with van der Waals surface area (Å²) >= 11 is -0.00781. The molecule has 36 valence electrons. The van der Waals surface area contributed by atoms with Gasteiger partial charge in [-0.05, 0) is 0 Å². The maximum Gasteiger partial charge on any atom is -0.147 e. The van der Waals surface area contributed by atoms with Gasteiger partial charge in [0.1, 0.15) is 0 Å². The number of allylic oxidation sites excluding steroid dienone is 3. The molecule has 0 unspecified atom stereocenters. The average Bonchev–Trinajstić information content (AvgIpc) is 1.72. The molecule has 0 atom stereocenters. The zero-order valence-corrected chi connectivity index (χ0v) is 7.11. The van der Waals surface area contributed by atoms with Crippen LogP contribution in [0.15, 0.2) is 22.9 Å². The van der Waals surface area contributed by atoms with Crippen LogP contribution in [0.1, 0.15) is 0 Å². The van der Waals surface area contributed by atoms with Gasteiger partial charge in [0.05, 0.1) is 0 Å². The Morgan fingerprint density at radius 2 is 1.86 bits per heavy atom. The molecule has 2 heteroatoms. The van der Waals surface area contributed by atoms with E-state index in [-0.39, 0.29) is 29.4 Å². The molecule has 0 fully saturated rings. The van der Waals surface area contributed by atoms with Gasteiger partial charge < -0.3 is 0 Å². The van der Waals surface area contributed by atoms with Gasteiger partial charge in [0.25, 0.3) is 0 Å². The van der Waals surface area contributed by atoms with Gasteiger partial charge in [-0.3, -0.25) is 0 Å². The first-order valence-electron chi connectivity index (χ1n) is 2.00. The van der Waals surface area contributed by atoms with Crippen molar-refractivity contribution in [3.8, 4) is 0 Å². The van der Waals surface area contributed by atoms with Crippen LogP contribution in [0, 0.1) is 0 Å². The van der Waals surface area contributed by atoms with E-state index in [0.717, 1.165) is 0 Å². The first-order valence-corrected chi connectivity index (χ1v) is 4.80. The van der Waals surface area contributed by atoms with E-state index in [9.17, 15) is 0 Å². The predicted molar refractivity (Wildman–Crippen MR) is 37.3 cm³/mol. The van der Waals surface area contributed by atoms with Crippen LogP contribution in [-0.4, -0.2) is 21.5 Å². The van der Waals surface area contributed by atoms with Crippen LogP contribution in [0.5, 0.6) is 0 Å².